The van der Waals surface area contributed by atoms with Gasteiger partial charge >= 0.3 is 0 Å². The first-order valence-corrected chi connectivity index (χ1v) is 6.90. The molecule has 3 aromatic rings. The molecule has 2 aromatic heterocycles. The normalized spacial score (nSPS) is 10.8. The van der Waals surface area contributed by atoms with Crippen molar-refractivity contribution < 1.29 is 4.42 Å². The molecule has 19 heavy (non-hydrogen) atoms. The number of hydrogen-bond acceptors (Lipinski definition) is 4. The molecular weight excluding hydrogens is 256 g/mol. The Balaban J connectivity index is 2.02. The average Bonchev–Trinajstić information content (AvgIpc) is 2.96. The summed E-state index contributed by atoms with van der Waals surface area (Å²) in [6.45, 7) is 3.91. The second kappa shape index (κ2) is 4.55. The number of aromatic nitrogens is 1. The number of nitrogens with zero attached hydrogens (tertiary/aromatic N) is 1. The first kappa shape index (κ1) is 12.0. The van der Waals surface area contributed by atoms with Crippen LogP contribution >= 0.6 is 11.3 Å². The number of nitrogens with two attached hydrogens (primary N) is 1. The van der Waals surface area contributed by atoms with E-state index in [0.29, 0.717) is 0 Å². The lowest BCUT2D eigenvalue weighted by Crippen LogP contribution is -1.85. The van der Waals surface area contributed by atoms with E-state index in [1.165, 1.54) is 0 Å². The Morgan fingerprint density at radius 3 is 2.74 bits per heavy atom. The summed E-state index contributed by atoms with van der Waals surface area (Å²) < 4.78 is 5.55. The second-order valence-corrected chi connectivity index (χ2v) is 5.35. The maximum absolute atomic E-state index is 5.80. The second-order valence-electron chi connectivity index (χ2n) is 4.49. The van der Waals surface area contributed by atoms with E-state index in [4.69, 9.17) is 10.2 Å². The molecule has 3 nitrogen and oxygen atoms in total. The summed E-state index contributed by atoms with van der Waals surface area (Å²) in [5.41, 5.74) is 9.62. The number of furan rings is 1. The van der Waals surface area contributed by atoms with Crippen molar-refractivity contribution >= 4 is 17.0 Å². The van der Waals surface area contributed by atoms with Gasteiger partial charge in [-0.1, -0.05) is 12.1 Å². The van der Waals surface area contributed by atoms with Crippen molar-refractivity contribution in [1.29, 1.82) is 0 Å². The minimum Gasteiger partial charge on any atom is -0.466 e. The van der Waals surface area contributed by atoms with Gasteiger partial charge in [-0.15, -0.1) is 11.3 Å². The van der Waals surface area contributed by atoms with Gasteiger partial charge in [0, 0.05) is 22.2 Å². The third-order valence-electron chi connectivity index (χ3n) is 2.95. The largest absolute Gasteiger partial charge is 0.466 e. The monoisotopic (exact) mass is 270 g/mol. The average molecular weight is 270 g/mol. The summed E-state index contributed by atoms with van der Waals surface area (Å²) in [6, 6.07) is 9.80. The van der Waals surface area contributed by atoms with Gasteiger partial charge in [0.15, 0.2) is 0 Å². The molecule has 0 saturated carbocycles. The number of benzene rings is 1. The summed E-state index contributed by atoms with van der Waals surface area (Å²) in [5, 5.41) is 3.02. The Morgan fingerprint density at radius 2 is 2.05 bits per heavy atom. The van der Waals surface area contributed by atoms with E-state index in [2.05, 4.69) is 10.4 Å². The van der Waals surface area contributed by atoms with Crippen molar-refractivity contribution in [2.75, 3.05) is 5.73 Å². The van der Waals surface area contributed by atoms with E-state index in [1.807, 2.05) is 44.2 Å². The van der Waals surface area contributed by atoms with Gasteiger partial charge in [0.1, 0.15) is 16.5 Å². The first-order chi connectivity index (χ1) is 9.13. The third-order valence-corrected chi connectivity index (χ3v) is 3.85. The summed E-state index contributed by atoms with van der Waals surface area (Å²) >= 11 is 1.62. The molecule has 3 rings (SSSR count). The van der Waals surface area contributed by atoms with Crippen molar-refractivity contribution in [3.8, 4) is 21.8 Å². The standard InChI is InChI=1S/C15H14N2OS/c1-9-6-13(10(2)18-9)14-8-19-15(17-14)11-4-3-5-12(16)7-11/h3-8H,16H2,1-2H3. The minimum absolute atomic E-state index is 0.754. The van der Waals surface area contributed by atoms with Crippen LogP contribution < -0.4 is 5.73 Å². The molecule has 0 amide bonds. The summed E-state index contributed by atoms with van der Waals surface area (Å²) in [6.07, 6.45) is 0. The lowest BCUT2D eigenvalue weighted by molar-refractivity contribution is 0.505. The van der Waals surface area contributed by atoms with E-state index >= 15 is 0 Å². The highest BCUT2D eigenvalue weighted by Gasteiger charge is 2.12. The van der Waals surface area contributed by atoms with E-state index in [9.17, 15) is 0 Å². The van der Waals surface area contributed by atoms with Crippen LogP contribution in [0.15, 0.2) is 40.1 Å². The van der Waals surface area contributed by atoms with Crippen molar-refractivity contribution in [3.05, 3.63) is 47.2 Å². The molecule has 0 spiro atoms. The smallest absolute Gasteiger partial charge is 0.124 e. The molecule has 0 aliphatic heterocycles. The van der Waals surface area contributed by atoms with E-state index in [1.54, 1.807) is 11.3 Å². The van der Waals surface area contributed by atoms with Crippen LogP contribution in [0, 0.1) is 13.8 Å². The highest BCUT2D eigenvalue weighted by molar-refractivity contribution is 7.13. The maximum atomic E-state index is 5.80. The molecule has 0 bridgehead atoms. The van der Waals surface area contributed by atoms with Gasteiger partial charge in [-0.3, -0.25) is 0 Å². The maximum Gasteiger partial charge on any atom is 0.124 e. The Kier molecular flexibility index (Phi) is 2.87. The topological polar surface area (TPSA) is 52.0 Å². The summed E-state index contributed by atoms with van der Waals surface area (Å²) in [4.78, 5) is 4.67. The van der Waals surface area contributed by atoms with Crippen LogP contribution in [0.25, 0.3) is 21.8 Å². The zero-order valence-corrected chi connectivity index (χ0v) is 11.6. The first-order valence-electron chi connectivity index (χ1n) is 6.02. The number of rotatable bonds is 2. The van der Waals surface area contributed by atoms with Crippen molar-refractivity contribution in [2.24, 2.45) is 0 Å². The molecule has 0 aliphatic carbocycles. The predicted molar refractivity (Wildman–Crippen MR) is 79.1 cm³/mol. The molecule has 0 atom stereocenters. The van der Waals surface area contributed by atoms with E-state index < -0.39 is 0 Å². The van der Waals surface area contributed by atoms with Crippen LogP contribution in [0.1, 0.15) is 11.5 Å². The lowest BCUT2D eigenvalue weighted by Gasteiger charge is -1.97. The lowest BCUT2D eigenvalue weighted by atomic mass is 10.2. The molecule has 4 heteroatoms. The number of thiazole rings is 1. The molecule has 0 radical (unpaired) electrons. The Labute approximate surface area is 115 Å². The molecule has 96 valence electrons. The fourth-order valence-corrected chi connectivity index (χ4v) is 2.90. The minimum atomic E-state index is 0.754. The van der Waals surface area contributed by atoms with Gasteiger partial charge < -0.3 is 10.2 Å². The van der Waals surface area contributed by atoms with Crippen LogP contribution in [0.2, 0.25) is 0 Å². The zero-order valence-electron chi connectivity index (χ0n) is 10.8. The zero-order chi connectivity index (χ0) is 13.4. The number of nitrogen functional groups attached to an aromatic ring is 1. The molecule has 2 heterocycles. The Morgan fingerprint density at radius 1 is 1.21 bits per heavy atom. The van der Waals surface area contributed by atoms with Gasteiger partial charge in [-0.05, 0) is 32.0 Å². The number of hydrogen-bond donors (Lipinski definition) is 1. The third kappa shape index (κ3) is 2.27. The van der Waals surface area contributed by atoms with Gasteiger partial charge in [0.25, 0.3) is 0 Å². The SMILES string of the molecule is Cc1cc(-c2csc(-c3cccc(N)c3)n2)c(C)o1. The molecule has 2 N–H and O–H groups in total. The fourth-order valence-electron chi connectivity index (χ4n) is 2.09. The number of aryl methyl sites for hydroxylation is 2. The van der Waals surface area contributed by atoms with Crippen LogP contribution in [-0.4, -0.2) is 4.98 Å². The van der Waals surface area contributed by atoms with Crippen molar-refractivity contribution in [3.63, 3.8) is 0 Å². The fraction of sp³-hybridized carbons (Fsp3) is 0.133. The highest BCUT2D eigenvalue weighted by atomic mass is 32.1. The van der Waals surface area contributed by atoms with Crippen LogP contribution in [0.4, 0.5) is 5.69 Å². The highest BCUT2D eigenvalue weighted by Crippen LogP contribution is 2.32. The van der Waals surface area contributed by atoms with Gasteiger partial charge in [-0.25, -0.2) is 4.98 Å². The van der Waals surface area contributed by atoms with Crippen LogP contribution in [-0.2, 0) is 0 Å². The van der Waals surface area contributed by atoms with Gasteiger partial charge in [-0.2, -0.15) is 0 Å². The summed E-state index contributed by atoms with van der Waals surface area (Å²) in [7, 11) is 0. The predicted octanol–water partition coefficient (Wildman–Crippen LogP) is 4.27. The van der Waals surface area contributed by atoms with Crippen LogP contribution in [0.5, 0.6) is 0 Å². The van der Waals surface area contributed by atoms with Crippen molar-refractivity contribution in [2.45, 2.75) is 13.8 Å². The molecule has 0 saturated heterocycles. The van der Waals surface area contributed by atoms with Crippen molar-refractivity contribution in [1.82, 2.24) is 4.98 Å². The summed E-state index contributed by atoms with van der Waals surface area (Å²) in [5.74, 6) is 1.81. The van der Waals surface area contributed by atoms with Gasteiger partial charge in [0.2, 0.25) is 0 Å². The molecule has 1 aromatic carbocycles. The van der Waals surface area contributed by atoms with E-state index in [0.717, 1.165) is 39.0 Å². The number of anilines is 1. The molecular formula is C15H14N2OS. The van der Waals surface area contributed by atoms with E-state index in [-0.39, 0.29) is 0 Å². The molecule has 0 unspecified atom stereocenters. The Bertz CT molecular complexity index is 727. The van der Waals surface area contributed by atoms with Gasteiger partial charge in [0.05, 0.1) is 5.69 Å². The molecule has 0 fully saturated rings. The Hall–Kier alpha value is -2.07. The van der Waals surface area contributed by atoms with Crippen LogP contribution in [0.3, 0.4) is 0 Å². The molecule has 0 aliphatic rings. The quantitative estimate of drug-likeness (QED) is 0.707.